The average Bonchev–Trinajstić information content (AvgIpc) is 2.11. The van der Waals surface area contributed by atoms with Crippen molar-refractivity contribution in [3.05, 3.63) is 30.1 Å². The fourth-order valence-corrected chi connectivity index (χ4v) is 4.23. The van der Waals surface area contributed by atoms with Gasteiger partial charge in [0, 0.05) is 18.3 Å². The van der Waals surface area contributed by atoms with Crippen molar-refractivity contribution < 1.29 is 5.11 Å². The van der Waals surface area contributed by atoms with Gasteiger partial charge in [-0.15, -0.1) is 0 Å². The van der Waals surface area contributed by atoms with E-state index in [-0.39, 0.29) is 10.8 Å². The lowest BCUT2D eigenvalue weighted by atomic mass is 9.59. The Labute approximate surface area is 110 Å². The summed E-state index contributed by atoms with van der Waals surface area (Å²) in [6, 6.07) is 5.92. The minimum atomic E-state index is -0.612. The fraction of sp³-hybridized carbons (Fsp3) is 0.688. The Bertz CT molecular complexity index is 392. The van der Waals surface area contributed by atoms with E-state index in [1.54, 1.807) is 6.20 Å². The van der Waals surface area contributed by atoms with E-state index >= 15 is 0 Å². The summed E-state index contributed by atoms with van der Waals surface area (Å²) in [4.78, 5) is 4.35. The van der Waals surface area contributed by atoms with Crippen LogP contribution in [-0.2, 0) is 6.42 Å². The highest BCUT2D eigenvalue weighted by Gasteiger charge is 2.46. The fourth-order valence-electron chi connectivity index (χ4n) is 4.23. The van der Waals surface area contributed by atoms with Gasteiger partial charge in [-0.1, -0.05) is 33.8 Å². The molecule has 0 aliphatic heterocycles. The lowest BCUT2D eigenvalue weighted by Crippen LogP contribution is -2.47. The van der Waals surface area contributed by atoms with Gasteiger partial charge in [-0.05, 0) is 42.2 Å². The van der Waals surface area contributed by atoms with E-state index in [9.17, 15) is 5.11 Å². The molecule has 0 unspecified atom stereocenters. The number of nitrogens with zero attached hydrogens (tertiary/aromatic N) is 1. The number of aliphatic hydroxyl groups is 1. The average molecular weight is 247 g/mol. The quantitative estimate of drug-likeness (QED) is 0.866. The summed E-state index contributed by atoms with van der Waals surface area (Å²) in [5.74, 6) is 0. The van der Waals surface area contributed by atoms with E-state index < -0.39 is 5.60 Å². The predicted molar refractivity (Wildman–Crippen MR) is 74.3 cm³/mol. The Hall–Kier alpha value is -0.890. The van der Waals surface area contributed by atoms with Crippen molar-refractivity contribution in [2.45, 2.75) is 59.0 Å². The molecule has 1 heterocycles. The van der Waals surface area contributed by atoms with Crippen molar-refractivity contribution in [1.29, 1.82) is 0 Å². The second-order valence-electron chi connectivity index (χ2n) is 7.58. The second kappa shape index (κ2) is 4.34. The van der Waals surface area contributed by atoms with Gasteiger partial charge in [-0.25, -0.2) is 0 Å². The molecule has 18 heavy (non-hydrogen) atoms. The first kappa shape index (κ1) is 13.5. The second-order valence-corrected chi connectivity index (χ2v) is 7.58. The van der Waals surface area contributed by atoms with Gasteiger partial charge in [-0.2, -0.15) is 0 Å². The van der Waals surface area contributed by atoms with Crippen molar-refractivity contribution in [2.24, 2.45) is 10.8 Å². The number of rotatable bonds is 2. The first-order valence-corrected chi connectivity index (χ1v) is 6.82. The summed E-state index contributed by atoms with van der Waals surface area (Å²) >= 11 is 0. The van der Waals surface area contributed by atoms with E-state index in [0.717, 1.165) is 18.5 Å². The molecule has 1 fully saturated rings. The number of aromatic nitrogens is 1. The molecule has 1 N–H and O–H groups in total. The van der Waals surface area contributed by atoms with Crippen LogP contribution in [0.25, 0.3) is 0 Å². The van der Waals surface area contributed by atoms with Crippen LogP contribution in [0.5, 0.6) is 0 Å². The van der Waals surface area contributed by atoms with E-state index in [1.807, 2.05) is 18.2 Å². The molecule has 0 aromatic carbocycles. The van der Waals surface area contributed by atoms with E-state index in [1.165, 1.54) is 6.42 Å². The van der Waals surface area contributed by atoms with Crippen LogP contribution < -0.4 is 0 Å². The molecule has 2 heteroatoms. The van der Waals surface area contributed by atoms with E-state index in [2.05, 4.69) is 32.7 Å². The number of hydrogen-bond donors (Lipinski definition) is 1. The molecule has 2 rings (SSSR count). The van der Waals surface area contributed by atoms with Crippen molar-refractivity contribution in [1.82, 2.24) is 4.98 Å². The zero-order chi connectivity index (χ0) is 13.4. The molecule has 1 saturated carbocycles. The summed E-state index contributed by atoms with van der Waals surface area (Å²) in [6.45, 7) is 9.04. The maximum Gasteiger partial charge on any atom is 0.0713 e. The van der Waals surface area contributed by atoms with E-state index in [0.29, 0.717) is 6.42 Å². The molecule has 0 bridgehead atoms. The van der Waals surface area contributed by atoms with Crippen LogP contribution >= 0.6 is 0 Å². The molecule has 1 aliphatic carbocycles. The predicted octanol–water partition coefficient (Wildman–Crippen LogP) is 3.59. The third-order valence-electron chi connectivity index (χ3n) is 3.81. The zero-order valence-electron chi connectivity index (χ0n) is 12.0. The number of hydrogen-bond acceptors (Lipinski definition) is 2. The minimum Gasteiger partial charge on any atom is -0.389 e. The van der Waals surface area contributed by atoms with Crippen molar-refractivity contribution in [3.63, 3.8) is 0 Å². The van der Waals surface area contributed by atoms with Gasteiger partial charge < -0.3 is 5.11 Å². The summed E-state index contributed by atoms with van der Waals surface area (Å²) < 4.78 is 0. The van der Waals surface area contributed by atoms with Crippen LogP contribution in [0.2, 0.25) is 0 Å². The molecule has 2 nitrogen and oxygen atoms in total. The third-order valence-corrected chi connectivity index (χ3v) is 3.81. The summed E-state index contributed by atoms with van der Waals surface area (Å²) in [7, 11) is 0. The maximum atomic E-state index is 11.0. The molecular weight excluding hydrogens is 222 g/mol. The molecule has 0 radical (unpaired) electrons. The van der Waals surface area contributed by atoms with Crippen LogP contribution in [0.4, 0.5) is 0 Å². The minimum absolute atomic E-state index is 0.200. The lowest BCUT2D eigenvalue weighted by molar-refractivity contribution is -0.0855. The van der Waals surface area contributed by atoms with Crippen LogP contribution in [0.3, 0.4) is 0 Å². The molecule has 100 valence electrons. The molecule has 1 aromatic rings. The molecular formula is C16H25NO. The smallest absolute Gasteiger partial charge is 0.0713 e. The summed E-state index contributed by atoms with van der Waals surface area (Å²) in [6.07, 6.45) is 5.36. The Balaban J connectivity index is 2.19. The van der Waals surface area contributed by atoms with Crippen LogP contribution in [0, 0.1) is 10.8 Å². The molecule has 1 aliphatic rings. The Kier molecular flexibility index (Phi) is 3.26. The third kappa shape index (κ3) is 3.32. The highest BCUT2D eigenvalue weighted by Crippen LogP contribution is 2.50. The topological polar surface area (TPSA) is 33.1 Å². The molecule has 0 amide bonds. The largest absolute Gasteiger partial charge is 0.389 e. The van der Waals surface area contributed by atoms with Gasteiger partial charge in [0.05, 0.1) is 5.60 Å². The first-order valence-electron chi connectivity index (χ1n) is 6.82. The lowest BCUT2D eigenvalue weighted by Gasteiger charge is -2.49. The summed E-state index contributed by atoms with van der Waals surface area (Å²) in [5.41, 5.74) is 0.782. The Morgan fingerprint density at radius 1 is 1.06 bits per heavy atom. The molecule has 0 atom stereocenters. The molecule has 1 aromatic heterocycles. The molecule has 0 spiro atoms. The van der Waals surface area contributed by atoms with Gasteiger partial charge >= 0.3 is 0 Å². The van der Waals surface area contributed by atoms with Gasteiger partial charge in [0.1, 0.15) is 0 Å². The van der Waals surface area contributed by atoms with Gasteiger partial charge in [0.15, 0.2) is 0 Å². The first-order chi connectivity index (χ1) is 8.20. The standard InChI is InChI=1S/C16H25NO/c1-14(2)10-15(3,4)12-16(18,11-14)9-13-7-5-6-8-17-13/h5-8,18H,9-12H2,1-4H3. The van der Waals surface area contributed by atoms with Crippen LogP contribution in [0.1, 0.15) is 52.7 Å². The zero-order valence-corrected chi connectivity index (χ0v) is 12.0. The maximum absolute atomic E-state index is 11.0. The highest BCUT2D eigenvalue weighted by molar-refractivity contribution is 5.10. The summed E-state index contributed by atoms with van der Waals surface area (Å²) in [5, 5.41) is 11.0. The highest BCUT2D eigenvalue weighted by atomic mass is 16.3. The van der Waals surface area contributed by atoms with Crippen LogP contribution in [-0.4, -0.2) is 15.7 Å². The van der Waals surface area contributed by atoms with Crippen LogP contribution in [0.15, 0.2) is 24.4 Å². The van der Waals surface area contributed by atoms with Gasteiger partial charge in [0.25, 0.3) is 0 Å². The van der Waals surface area contributed by atoms with Gasteiger partial charge in [0.2, 0.25) is 0 Å². The van der Waals surface area contributed by atoms with Crippen molar-refractivity contribution in [3.8, 4) is 0 Å². The Morgan fingerprint density at radius 2 is 1.67 bits per heavy atom. The normalized spacial score (nSPS) is 24.7. The van der Waals surface area contributed by atoms with Gasteiger partial charge in [-0.3, -0.25) is 4.98 Å². The van der Waals surface area contributed by atoms with E-state index in [4.69, 9.17) is 0 Å². The SMILES string of the molecule is CC1(C)CC(C)(C)CC(O)(Cc2ccccn2)C1. The van der Waals surface area contributed by atoms with Crippen molar-refractivity contribution in [2.75, 3.05) is 0 Å². The monoisotopic (exact) mass is 247 g/mol. The number of pyridine rings is 1. The van der Waals surface area contributed by atoms with Crippen molar-refractivity contribution >= 4 is 0 Å². The molecule has 0 saturated heterocycles. The Morgan fingerprint density at radius 3 is 2.17 bits per heavy atom.